The smallest absolute Gasteiger partial charge is 0.240 e. The Morgan fingerprint density at radius 1 is 1.47 bits per heavy atom. The summed E-state index contributed by atoms with van der Waals surface area (Å²) in [6.07, 6.45) is 8.23. The van der Waals surface area contributed by atoms with E-state index >= 15 is 0 Å². The van der Waals surface area contributed by atoms with Gasteiger partial charge in [-0.2, -0.15) is 5.10 Å². The van der Waals surface area contributed by atoms with Gasteiger partial charge in [-0.15, -0.1) is 11.6 Å². The van der Waals surface area contributed by atoms with Crippen LogP contribution in [0, 0.1) is 5.92 Å². The minimum atomic E-state index is -0.183. The number of nitrogens with one attached hydrogen (secondary N) is 1. The molecule has 0 aromatic carbocycles. The number of hydrogen-bond donors (Lipinski definition) is 1. The van der Waals surface area contributed by atoms with Gasteiger partial charge in [0, 0.05) is 12.6 Å². The molecule has 1 aliphatic carbocycles. The molecule has 1 aliphatic rings. The number of hydrogen-bond acceptors (Lipinski definition) is 2. The summed E-state index contributed by atoms with van der Waals surface area (Å²) in [6.45, 7) is 0.894. The molecule has 17 heavy (non-hydrogen) atoms. The van der Waals surface area contributed by atoms with Crippen LogP contribution in [0.25, 0.3) is 0 Å². The van der Waals surface area contributed by atoms with Crippen molar-refractivity contribution in [2.45, 2.75) is 38.6 Å². The van der Waals surface area contributed by atoms with Crippen molar-refractivity contribution < 1.29 is 4.79 Å². The van der Waals surface area contributed by atoms with Gasteiger partial charge < -0.3 is 5.32 Å². The Morgan fingerprint density at radius 2 is 2.24 bits per heavy atom. The molecule has 0 unspecified atom stereocenters. The third kappa shape index (κ3) is 3.46. The van der Waals surface area contributed by atoms with Crippen molar-refractivity contribution in [1.29, 1.82) is 0 Å². The molecule has 1 heterocycles. The Hall–Kier alpha value is -1.03. The van der Waals surface area contributed by atoms with Crippen molar-refractivity contribution in [2.75, 3.05) is 11.2 Å². The van der Waals surface area contributed by atoms with Crippen LogP contribution in [0.2, 0.25) is 0 Å². The summed E-state index contributed by atoms with van der Waals surface area (Å²) < 4.78 is 1.88. The third-order valence-electron chi connectivity index (χ3n) is 3.26. The second-order valence-corrected chi connectivity index (χ2v) is 4.85. The highest BCUT2D eigenvalue weighted by molar-refractivity contribution is 6.29. The van der Waals surface area contributed by atoms with Gasteiger partial charge in [-0.3, -0.25) is 4.79 Å². The van der Waals surface area contributed by atoms with Crippen LogP contribution in [0.1, 0.15) is 32.1 Å². The maximum Gasteiger partial charge on any atom is 0.240 e. The van der Waals surface area contributed by atoms with Gasteiger partial charge in [-0.1, -0.05) is 19.3 Å². The zero-order valence-electron chi connectivity index (χ0n) is 9.86. The number of alkyl halides is 1. The molecule has 0 bridgehead atoms. The van der Waals surface area contributed by atoms with E-state index in [9.17, 15) is 4.79 Å². The molecule has 5 heteroatoms. The Bertz CT molecular complexity index is 372. The number of aromatic nitrogens is 2. The van der Waals surface area contributed by atoms with E-state index in [0.717, 1.165) is 12.4 Å². The number of nitrogens with zero attached hydrogens (tertiary/aromatic N) is 2. The van der Waals surface area contributed by atoms with Crippen LogP contribution in [0.4, 0.5) is 5.82 Å². The molecule has 0 spiro atoms. The predicted molar refractivity (Wildman–Crippen MR) is 68.2 cm³/mol. The largest absolute Gasteiger partial charge is 0.310 e. The van der Waals surface area contributed by atoms with Gasteiger partial charge in [-0.05, 0) is 18.8 Å². The van der Waals surface area contributed by atoms with Crippen LogP contribution in [0.3, 0.4) is 0 Å². The molecule has 0 atom stereocenters. The summed E-state index contributed by atoms with van der Waals surface area (Å²) in [6, 6.07) is 1.81. The van der Waals surface area contributed by atoms with Crippen LogP contribution in [0.5, 0.6) is 0 Å². The van der Waals surface area contributed by atoms with Gasteiger partial charge in [0.05, 0.1) is 6.20 Å². The minimum absolute atomic E-state index is 0.0192. The van der Waals surface area contributed by atoms with Crippen molar-refractivity contribution in [3.05, 3.63) is 12.3 Å². The lowest BCUT2D eigenvalue weighted by atomic mass is 9.89. The summed E-state index contributed by atoms with van der Waals surface area (Å²) in [5.74, 6) is 1.24. The van der Waals surface area contributed by atoms with Crippen molar-refractivity contribution >= 4 is 23.3 Å². The lowest BCUT2D eigenvalue weighted by molar-refractivity contribution is -0.114. The first kappa shape index (κ1) is 12.4. The van der Waals surface area contributed by atoms with E-state index in [-0.39, 0.29) is 11.8 Å². The van der Waals surface area contributed by atoms with Gasteiger partial charge in [0.1, 0.15) is 11.7 Å². The second kappa shape index (κ2) is 6.05. The van der Waals surface area contributed by atoms with E-state index in [1.807, 2.05) is 10.7 Å². The van der Waals surface area contributed by atoms with E-state index in [4.69, 9.17) is 11.6 Å². The molecule has 1 saturated carbocycles. The third-order valence-corrected chi connectivity index (χ3v) is 3.50. The lowest BCUT2D eigenvalue weighted by Gasteiger charge is -2.22. The molecule has 1 aromatic heterocycles. The maximum absolute atomic E-state index is 11.2. The highest BCUT2D eigenvalue weighted by atomic mass is 35.5. The van der Waals surface area contributed by atoms with Crippen molar-refractivity contribution in [1.82, 2.24) is 9.78 Å². The molecule has 0 radical (unpaired) electrons. The Morgan fingerprint density at radius 3 is 2.94 bits per heavy atom. The van der Waals surface area contributed by atoms with Gasteiger partial charge in [-0.25, -0.2) is 4.68 Å². The first-order valence-electron chi connectivity index (χ1n) is 6.17. The number of anilines is 1. The van der Waals surface area contributed by atoms with Crippen LogP contribution < -0.4 is 5.32 Å². The first-order chi connectivity index (χ1) is 8.29. The molecule has 4 nitrogen and oxygen atoms in total. The normalized spacial score (nSPS) is 17.0. The molecule has 1 fully saturated rings. The SMILES string of the molecule is O=C(CCl)Nc1ccnn1CC1CCCCC1. The van der Waals surface area contributed by atoms with Crippen LogP contribution in [-0.4, -0.2) is 21.6 Å². The number of carbonyl (C=O) groups excluding carboxylic acids is 1. The molecular formula is C12H18ClN3O. The minimum Gasteiger partial charge on any atom is -0.310 e. The second-order valence-electron chi connectivity index (χ2n) is 4.58. The fraction of sp³-hybridized carbons (Fsp3) is 0.667. The number of rotatable bonds is 4. The lowest BCUT2D eigenvalue weighted by Crippen LogP contribution is -2.20. The molecule has 0 saturated heterocycles. The monoisotopic (exact) mass is 255 g/mol. The average Bonchev–Trinajstić information content (AvgIpc) is 2.78. The number of amides is 1. The molecular weight excluding hydrogens is 238 g/mol. The Balaban J connectivity index is 1.95. The fourth-order valence-corrected chi connectivity index (χ4v) is 2.44. The quantitative estimate of drug-likeness (QED) is 0.841. The van der Waals surface area contributed by atoms with Crippen molar-refractivity contribution in [3.8, 4) is 0 Å². The average molecular weight is 256 g/mol. The topological polar surface area (TPSA) is 46.9 Å². The first-order valence-corrected chi connectivity index (χ1v) is 6.70. The van der Waals surface area contributed by atoms with Crippen LogP contribution >= 0.6 is 11.6 Å². The predicted octanol–water partition coefficient (Wildman–Crippen LogP) is 2.64. The standard InChI is InChI=1S/C12H18ClN3O/c13-8-12(17)15-11-6-7-14-16(11)9-10-4-2-1-3-5-10/h6-7,10H,1-5,8-9H2,(H,15,17). The van der Waals surface area contributed by atoms with E-state index in [1.165, 1.54) is 32.1 Å². The summed E-state index contributed by atoms with van der Waals surface area (Å²) >= 11 is 5.47. The highest BCUT2D eigenvalue weighted by Gasteiger charge is 2.16. The van der Waals surface area contributed by atoms with E-state index in [1.54, 1.807) is 6.20 Å². The van der Waals surface area contributed by atoms with E-state index in [2.05, 4.69) is 10.4 Å². The molecule has 94 valence electrons. The molecule has 1 amide bonds. The van der Waals surface area contributed by atoms with Gasteiger partial charge in [0.15, 0.2) is 0 Å². The van der Waals surface area contributed by atoms with E-state index < -0.39 is 0 Å². The van der Waals surface area contributed by atoms with Crippen molar-refractivity contribution in [3.63, 3.8) is 0 Å². The summed E-state index contributed by atoms with van der Waals surface area (Å²) in [5.41, 5.74) is 0. The van der Waals surface area contributed by atoms with Gasteiger partial charge in [0.25, 0.3) is 0 Å². The summed E-state index contributed by atoms with van der Waals surface area (Å²) in [4.78, 5) is 11.2. The summed E-state index contributed by atoms with van der Waals surface area (Å²) in [7, 11) is 0. The fourth-order valence-electron chi connectivity index (χ4n) is 2.37. The van der Waals surface area contributed by atoms with Gasteiger partial charge >= 0.3 is 0 Å². The molecule has 0 aliphatic heterocycles. The zero-order chi connectivity index (χ0) is 12.1. The number of carbonyl (C=O) groups is 1. The van der Waals surface area contributed by atoms with Crippen LogP contribution in [-0.2, 0) is 11.3 Å². The van der Waals surface area contributed by atoms with Crippen molar-refractivity contribution in [2.24, 2.45) is 5.92 Å². The Kier molecular flexibility index (Phi) is 4.42. The maximum atomic E-state index is 11.2. The van der Waals surface area contributed by atoms with Gasteiger partial charge in [0.2, 0.25) is 5.91 Å². The van der Waals surface area contributed by atoms with Crippen LogP contribution in [0.15, 0.2) is 12.3 Å². The molecule has 1 N–H and O–H groups in total. The summed E-state index contributed by atoms with van der Waals surface area (Å²) in [5, 5.41) is 7.02. The molecule has 2 rings (SSSR count). The Labute approximate surface area is 106 Å². The zero-order valence-corrected chi connectivity index (χ0v) is 10.6. The number of halogens is 1. The van der Waals surface area contributed by atoms with E-state index in [0.29, 0.717) is 5.92 Å². The molecule has 1 aromatic rings. The highest BCUT2D eigenvalue weighted by Crippen LogP contribution is 2.25.